The lowest BCUT2D eigenvalue weighted by molar-refractivity contribution is -0.134. The molecule has 0 saturated carbocycles. The number of halogens is 1. The highest BCUT2D eigenvalue weighted by atomic mass is 79.9. The molecule has 2 N–H and O–H groups in total. The van der Waals surface area contributed by atoms with E-state index in [0.717, 1.165) is 4.47 Å². The van der Waals surface area contributed by atoms with E-state index in [1.807, 2.05) is 6.07 Å². The quantitative estimate of drug-likeness (QED) is 0.574. The molecule has 1 aliphatic rings. The molecule has 7 nitrogen and oxygen atoms in total. The fraction of sp³-hybridized carbons (Fsp3) is 0.429. The van der Waals surface area contributed by atoms with Crippen LogP contribution in [0.3, 0.4) is 0 Å². The predicted octanol–water partition coefficient (Wildman–Crippen LogP) is 3.40. The summed E-state index contributed by atoms with van der Waals surface area (Å²) in [4.78, 5) is 26.7. The third-order valence-corrected chi connectivity index (χ3v) is 5.83. The normalized spacial score (nSPS) is 16.4. The van der Waals surface area contributed by atoms with Gasteiger partial charge < -0.3 is 24.6 Å². The van der Waals surface area contributed by atoms with Gasteiger partial charge in [0, 0.05) is 43.2 Å². The summed E-state index contributed by atoms with van der Waals surface area (Å²) in [6.07, 6.45) is 0.177. The first-order valence-corrected chi connectivity index (χ1v) is 9.92. The van der Waals surface area contributed by atoms with Crippen LogP contribution in [0.25, 0.3) is 0 Å². The number of hydrogen-bond donors (Lipinski definition) is 2. The Hall–Kier alpha value is -2.16. The number of carbonyl (C=O) groups is 2. The number of carboxylic acids is 2. The van der Waals surface area contributed by atoms with Crippen LogP contribution < -0.4 is 0 Å². The van der Waals surface area contributed by atoms with Crippen LogP contribution in [0, 0.1) is 0 Å². The van der Waals surface area contributed by atoms with Crippen LogP contribution in [0.15, 0.2) is 51.3 Å². The van der Waals surface area contributed by atoms with Crippen LogP contribution in [0.4, 0.5) is 0 Å². The lowest BCUT2D eigenvalue weighted by Gasteiger charge is -2.45. The molecule has 0 aromatic heterocycles. The Bertz CT molecular complexity index is 822. The van der Waals surface area contributed by atoms with Crippen LogP contribution in [-0.2, 0) is 24.5 Å². The molecule has 0 saturated heterocycles. The largest absolute Gasteiger partial charge is 0.478 e. The number of nitrogens with zero attached hydrogens (tertiary/aromatic N) is 1. The second kappa shape index (κ2) is 9.56. The molecule has 0 amide bonds. The first-order valence-electron chi connectivity index (χ1n) is 9.13. The van der Waals surface area contributed by atoms with E-state index in [4.69, 9.17) is 9.47 Å². The Morgan fingerprint density at radius 1 is 1.03 bits per heavy atom. The fourth-order valence-electron chi connectivity index (χ4n) is 4.15. The Kier molecular flexibility index (Phi) is 7.62. The molecular weight excluding hydrogens is 442 g/mol. The number of benzene rings is 1. The average molecular weight is 468 g/mol. The monoisotopic (exact) mass is 467 g/mol. The Labute approximate surface area is 178 Å². The van der Waals surface area contributed by atoms with Gasteiger partial charge >= 0.3 is 11.9 Å². The number of allylic oxidation sites excluding steroid dienone is 2. The summed E-state index contributed by atoms with van der Waals surface area (Å²) >= 11 is 3.43. The van der Waals surface area contributed by atoms with Crippen molar-refractivity contribution in [1.29, 1.82) is 0 Å². The summed E-state index contributed by atoms with van der Waals surface area (Å²) in [6, 6.07) is 7.12. The molecule has 0 radical (unpaired) electrons. The zero-order valence-corrected chi connectivity index (χ0v) is 18.6. The summed E-state index contributed by atoms with van der Waals surface area (Å²) in [7, 11) is 3.05. The number of hydrogen-bond acceptors (Lipinski definition) is 5. The van der Waals surface area contributed by atoms with Crippen molar-refractivity contribution in [2.24, 2.45) is 0 Å². The summed E-state index contributed by atoms with van der Waals surface area (Å²) in [5.74, 6) is -2.32. The Morgan fingerprint density at radius 2 is 1.59 bits per heavy atom. The van der Waals surface area contributed by atoms with Crippen molar-refractivity contribution in [2.45, 2.75) is 25.7 Å². The number of ether oxygens (including phenoxy) is 2. The maximum absolute atomic E-state index is 12.5. The highest BCUT2D eigenvalue weighted by molar-refractivity contribution is 9.10. The maximum atomic E-state index is 12.5. The van der Waals surface area contributed by atoms with Crippen molar-refractivity contribution in [2.75, 3.05) is 34.0 Å². The van der Waals surface area contributed by atoms with Crippen molar-refractivity contribution < 1.29 is 29.3 Å². The van der Waals surface area contributed by atoms with E-state index < -0.39 is 17.4 Å². The Morgan fingerprint density at radius 3 is 2.03 bits per heavy atom. The van der Waals surface area contributed by atoms with Gasteiger partial charge in [0.2, 0.25) is 0 Å². The minimum absolute atomic E-state index is 0.0340. The van der Waals surface area contributed by atoms with Crippen LogP contribution in [0.5, 0.6) is 0 Å². The van der Waals surface area contributed by atoms with Crippen molar-refractivity contribution in [3.05, 3.63) is 56.8 Å². The van der Waals surface area contributed by atoms with E-state index in [2.05, 4.69) is 15.9 Å². The van der Waals surface area contributed by atoms with Crippen LogP contribution in [0.2, 0.25) is 0 Å². The van der Waals surface area contributed by atoms with Crippen molar-refractivity contribution in [3.8, 4) is 0 Å². The van der Waals surface area contributed by atoms with Gasteiger partial charge in [-0.1, -0.05) is 28.1 Å². The van der Waals surface area contributed by atoms with Gasteiger partial charge in [0.1, 0.15) is 0 Å². The standard InChI is InChI=1S/C21H26BrNO6/c1-13-17(19(24)25)21(8-10-28-3,15-6-5-7-16(22)12-15)18(20(26)27)14(2)23(13)9-11-29-4/h5-7,12H,8-11H2,1-4H3,(H,24,25)(H,26,27). The zero-order chi connectivity index (χ0) is 21.8. The highest BCUT2D eigenvalue weighted by Crippen LogP contribution is 2.50. The molecule has 1 heterocycles. The van der Waals surface area contributed by atoms with Crippen LogP contribution in [0.1, 0.15) is 25.8 Å². The smallest absolute Gasteiger partial charge is 0.334 e. The van der Waals surface area contributed by atoms with Gasteiger partial charge in [0.05, 0.1) is 23.2 Å². The van der Waals surface area contributed by atoms with E-state index in [1.54, 1.807) is 44.1 Å². The van der Waals surface area contributed by atoms with Gasteiger partial charge in [-0.2, -0.15) is 0 Å². The number of rotatable bonds is 9. The fourth-order valence-corrected chi connectivity index (χ4v) is 4.55. The van der Waals surface area contributed by atoms with Gasteiger partial charge in [0.15, 0.2) is 0 Å². The molecule has 8 heteroatoms. The maximum Gasteiger partial charge on any atom is 0.334 e. The summed E-state index contributed by atoms with van der Waals surface area (Å²) in [5.41, 5.74) is 0.276. The topological polar surface area (TPSA) is 96.3 Å². The van der Waals surface area contributed by atoms with Crippen molar-refractivity contribution in [1.82, 2.24) is 4.90 Å². The third kappa shape index (κ3) is 4.24. The van der Waals surface area contributed by atoms with Gasteiger partial charge in [-0.05, 0) is 38.0 Å². The molecule has 158 valence electrons. The van der Waals surface area contributed by atoms with E-state index >= 15 is 0 Å². The molecule has 0 fully saturated rings. The van der Waals surface area contributed by atoms with Gasteiger partial charge in [-0.25, -0.2) is 9.59 Å². The molecule has 0 unspecified atom stereocenters. The summed E-state index contributed by atoms with van der Waals surface area (Å²) in [6.45, 7) is 4.29. The van der Waals surface area contributed by atoms with Crippen LogP contribution in [-0.4, -0.2) is 61.0 Å². The van der Waals surface area contributed by atoms with Crippen molar-refractivity contribution in [3.63, 3.8) is 0 Å². The SMILES string of the molecule is COCCN1C(C)=C(C(=O)O)C(CCOC)(c2cccc(Br)c2)C(C(=O)O)=C1C. The van der Waals surface area contributed by atoms with Crippen LogP contribution >= 0.6 is 15.9 Å². The Balaban J connectivity index is 2.93. The summed E-state index contributed by atoms with van der Waals surface area (Å²) in [5, 5.41) is 20.4. The molecule has 0 atom stereocenters. The molecule has 1 aliphatic heterocycles. The van der Waals surface area contributed by atoms with E-state index in [9.17, 15) is 19.8 Å². The number of methoxy groups -OCH3 is 2. The molecule has 29 heavy (non-hydrogen) atoms. The van der Waals surface area contributed by atoms with E-state index in [1.165, 1.54) is 7.11 Å². The first-order chi connectivity index (χ1) is 13.7. The minimum Gasteiger partial charge on any atom is -0.478 e. The molecular formula is C21H26BrNO6. The predicted molar refractivity (Wildman–Crippen MR) is 112 cm³/mol. The lowest BCUT2D eigenvalue weighted by atomic mass is 9.63. The molecule has 1 aromatic carbocycles. The molecule has 0 spiro atoms. The van der Waals surface area contributed by atoms with Gasteiger partial charge in [-0.15, -0.1) is 0 Å². The second-order valence-electron chi connectivity index (χ2n) is 6.83. The molecule has 2 rings (SSSR count). The second-order valence-corrected chi connectivity index (χ2v) is 7.75. The number of carboxylic acid groups (broad SMARTS) is 2. The average Bonchev–Trinajstić information content (AvgIpc) is 2.65. The minimum atomic E-state index is -1.37. The van der Waals surface area contributed by atoms with Crippen molar-refractivity contribution >= 4 is 27.9 Å². The van der Waals surface area contributed by atoms with E-state index in [-0.39, 0.29) is 24.2 Å². The number of aliphatic carboxylic acids is 2. The van der Waals surface area contributed by atoms with E-state index in [0.29, 0.717) is 30.1 Å². The molecule has 0 bridgehead atoms. The lowest BCUT2D eigenvalue weighted by Crippen LogP contribution is -2.47. The third-order valence-electron chi connectivity index (χ3n) is 5.33. The summed E-state index contributed by atoms with van der Waals surface area (Å²) < 4.78 is 11.1. The van der Waals surface area contributed by atoms with Gasteiger partial charge in [0.25, 0.3) is 0 Å². The van der Waals surface area contributed by atoms with Gasteiger partial charge in [-0.3, -0.25) is 0 Å². The molecule has 1 aromatic rings. The molecule has 0 aliphatic carbocycles. The zero-order valence-electron chi connectivity index (χ0n) is 17.0. The first kappa shape index (κ1) is 23.1. The highest BCUT2D eigenvalue weighted by Gasteiger charge is 2.51.